The average molecular weight is 530 g/mol. The second kappa shape index (κ2) is 8.87. The van der Waals surface area contributed by atoms with E-state index in [1.807, 2.05) is 0 Å². The van der Waals surface area contributed by atoms with Gasteiger partial charge in [0.05, 0.1) is 35.3 Å². The minimum absolute atomic E-state index is 0.142. The zero-order chi connectivity index (χ0) is 27.3. The molecule has 0 saturated carbocycles. The van der Waals surface area contributed by atoms with Crippen LogP contribution in [0.4, 0.5) is 18.9 Å². The van der Waals surface area contributed by atoms with Crippen LogP contribution < -0.4 is 16.4 Å². The first-order chi connectivity index (χ1) is 17.3. The molecule has 2 heterocycles. The van der Waals surface area contributed by atoms with Gasteiger partial charge in [0.15, 0.2) is 5.69 Å². The number of sulfonamides is 1. The van der Waals surface area contributed by atoms with Crippen LogP contribution in [0, 0.1) is 13.5 Å². The van der Waals surface area contributed by atoms with Crippen LogP contribution in [0.25, 0.3) is 27.5 Å². The molecule has 10 nitrogen and oxygen atoms in total. The van der Waals surface area contributed by atoms with E-state index in [-0.39, 0.29) is 34.0 Å². The van der Waals surface area contributed by atoms with Crippen LogP contribution in [0.3, 0.4) is 0 Å². The lowest BCUT2D eigenvalue weighted by atomic mass is 10.1. The molecule has 14 heteroatoms. The maximum Gasteiger partial charge on any atom is 0.416 e. The van der Waals surface area contributed by atoms with E-state index in [9.17, 15) is 31.2 Å². The van der Waals surface area contributed by atoms with Crippen LogP contribution in [0.5, 0.6) is 0 Å². The third-order valence-electron chi connectivity index (χ3n) is 5.63. The van der Waals surface area contributed by atoms with Gasteiger partial charge in [-0.25, -0.2) is 27.9 Å². The number of rotatable bonds is 4. The molecule has 0 unspecified atom stereocenters. The highest BCUT2D eigenvalue weighted by molar-refractivity contribution is 7.89. The van der Waals surface area contributed by atoms with Crippen molar-refractivity contribution in [3.05, 3.63) is 98.2 Å². The highest BCUT2D eigenvalue weighted by Gasteiger charge is 2.32. The molecule has 0 atom stereocenters. The molecule has 4 aromatic rings. The fraction of sp³-hybridized carbons (Fsp3) is 0.130. The van der Waals surface area contributed by atoms with Gasteiger partial charge in [-0.3, -0.25) is 13.9 Å². The highest BCUT2D eigenvalue weighted by atomic mass is 32.2. The summed E-state index contributed by atoms with van der Waals surface area (Å²) in [5.41, 5.74) is -3.31. The minimum atomic E-state index is -4.70. The zero-order valence-electron chi connectivity index (χ0n) is 19.2. The summed E-state index contributed by atoms with van der Waals surface area (Å²) in [5.74, 6) is 0. The maximum absolute atomic E-state index is 13.4. The SMILES string of the molecule is [C-]#[N+]c1ccc(-n2ncc(S(N)(=O)=O)c2-c2c(C)n(-c3cccc(C(F)(F)F)c3)c(=O)n(C)c2=O)cc1. The third kappa shape index (κ3) is 4.46. The number of primary sulfonamides is 1. The normalized spacial score (nSPS) is 11.9. The van der Waals surface area contributed by atoms with Crippen molar-refractivity contribution in [2.24, 2.45) is 12.2 Å². The van der Waals surface area contributed by atoms with Crippen molar-refractivity contribution >= 4 is 15.7 Å². The van der Waals surface area contributed by atoms with Gasteiger partial charge in [0.2, 0.25) is 10.0 Å². The van der Waals surface area contributed by atoms with E-state index >= 15 is 0 Å². The van der Waals surface area contributed by atoms with Gasteiger partial charge in [0.1, 0.15) is 10.6 Å². The Morgan fingerprint density at radius 3 is 2.27 bits per heavy atom. The van der Waals surface area contributed by atoms with Crippen LogP contribution in [-0.2, 0) is 23.2 Å². The van der Waals surface area contributed by atoms with Crippen molar-refractivity contribution in [1.82, 2.24) is 18.9 Å². The third-order valence-corrected chi connectivity index (χ3v) is 6.54. The molecule has 0 spiro atoms. The van der Waals surface area contributed by atoms with Gasteiger partial charge >= 0.3 is 11.9 Å². The maximum atomic E-state index is 13.4. The lowest BCUT2D eigenvalue weighted by molar-refractivity contribution is -0.137. The van der Waals surface area contributed by atoms with Crippen molar-refractivity contribution < 1.29 is 21.6 Å². The molecule has 0 amide bonds. The summed E-state index contributed by atoms with van der Waals surface area (Å²) < 4.78 is 67.6. The van der Waals surface area contributed by atoms with Gasteiger partial charge in [-0.05, 0) is 37.3 Å². The van der Waals surface area contributed by atoms with E-state index in [4.69, 9.17) is 11.7 Å². The van der Waals surface area contributed by atoms with E-state index in [2.05, 4.69) is 9.94 Å². The standard InChI is InChI=1S/C23H17F3N6O4S/c1-13-19(20-18(37(27,35)36)12-29-32(20)16-9-7-15(28-2)8-10-16)21(33)30(3)22(34)31(13)17-6-4-5-14(11-17)23(24,25)26/h4-12H,1,3H3,(H2,27,35,36). The number of hydrogen-bond donors (Lipinski definition) is 1. The Kier molecular flexibility index (Phi) is 6.14. The van der Waals surface area contributed by atoms with E-state index in [1.54, 1.807) is 0 Å². The van der Waals surface area contributed by atoms with Crippen LogP contribution in [0.2, 0.25) is 0 Å². The van der Waals surface area contributed by atoms with Crippen molar-refractivity contribution in [3.8, 4) is 22.6 Å². The molecule has 0 fully saturated rings. The van der Waals surface area contributed by atoms with Gasteiger partial charge in [0.25, 0.3) is 5.56 Å². The Labute approximate surface area is 207 Å². The van der Waals surface area contributed by atoms with E-state index < -0.39 is 37.9 Å². The Balaban J connectivity index is 2.12. The van der Waals surface area contributed by atoms with E-state index in [1.165, 1.54) is 37.3 Å². The van der Waals surface area contributed by atoms with Gasteiger partial charge < -0.3 is 0 Å². The van der Waals surface area contributed by atoms with Crippen molar-refractivity contribution in [3.63, 3.8) is 0 Å². The first-order valence-corrected chi connectivity index (χ1v) is 11.9. The monoisotopic (exact) mass is 530 g/mol. The molecule has 4 rings (SSSR count). The molecule has 0 aliphatic heterocycles. The molecule has 0 saturated heterocycles. The van der Waals surface area contributed by atoms with E-state index in [0.29, 0.717) is 4.57 Å². The van der Waals surface area contributed by atoms with Crippen LogP contribution >= 0.6 is 0 Å². The summed E-state index contributed by atoms with van der Waals surface area (Å²) >= 11 is 0. The quantitative estimate of drug-likeness (QED) is 0.406. The first kappa shape index (κ1) is 25.6. The Hall–Kier alpha value is -4.48. The second-order valence-corrected chi connectivity index (χ2v) is 9.46. The van der Waals surface area contributed by atoms with Crippen molar-refractivity contribution in [2.75, 3.05) is 0 Å². The number of nitrogens with zero attached hydrogens (tertiary/aromatic N) is 5. The highest BCUT2D eigenvalue weighted by Crippen LogP contribution is 2.32. The molecule has 0 aliphatic rings. The van der Waals surface area contributed by atoms with Crippen molar-refractivity contribution in [1.29, 1.82) is 0 Å². The Morgan fingerprint density at radius 2 is 1.70 bits per heavy atom. The molecular weight excluding hydrogens is 513 g/mol. The molecule has 190 valence electrons. The number of benzene rings is 2. The molecule has 0 radical (unpaired) electrons. The Bertz CT molecular complexity index is 1810. The molecule has 2 N–H and O–H groups in total. The molecule has 0 bridgehead atoms. The van der Waals surface area contributed by atoms with Crippen LogP contribution in [0.1, 0.15) is 11.3 Å². The number of hydrogen-bond acceptors (Lipinski definition) is 5. The van der Waals surface area contributed by atoms with Crippen LogP contribution in [-0.4, -0.2) is 27.3 Å². The second-order valence-electron chi connectivity index (χ2n) is 7.93. The van der Waals surface area contributed by atoms with E-state index in [0.717, 1.165) is 40.7 Å². The first-order valence-electron chi connectivity index (χ1n) is 10.3. The lowest BCUT2D eigenvalue weighted by Crippen LogP contribution is -2.40. The summed E-state index contributed by atoms with van der Waals surface area (Å²) in [7, 11) is -3.35. The number of nitrogens with two attached hydrogens (primary N) is 1. The molecule has 2 aromatic heterocycles. The fourth-order valence-electron chi connectivity index (χ4n) is 3.85. The molecule has 0 aliphatic carbocycles. The zero-order valence-corrected chi connectivity index (χ0v) is 20.0. The van der Waals surface area contributed by atoms with Gasteiger partial charge in [0, 0.05) is 12.7 Å². The average Bonchev–Trinajstić information content (AvgIpc) is 3.28. The summed E-state index contributed by atoms with van der Waals surface area (Å²) in [6.07, 6.45) is -3.78. The summed E-state index contributed by atoms with van der Waals surface area (Å²) in [6, 6.07) is 9.72. The summed E-state index contributed by atoms with van der Waals surface area (Å²) in [4.78, 5) is 29.1. The summed E-state index contributed by atoms with van der Waals surface area (Å²) in [5, 5.41) is 9.46. The van der Waals surface area contributed by atoms with Gasteiger partial charge in [-0.2, -0.15) is 18.3 Å². The summed E-state index contributed by atoms with van der Waals surface area (Å²) in [6.45, 7) is 8.40. The van der Waals surface area contributed by atoms with Crippen LogP contribution in [0.15, 0.2) is 69.2 Å². The number of halogens is 3. The topological polar surface area (TPSA) is 126 Å². The molecule has 2 aromatic carbocycles. The molecule has 37 heavy (non-hydrogen) atoms. The predicted octanol–water partition coefficient (Wildman–Crippen LogP) is 2.91. The molecular formula is C23H17F3N6O4S. The smallest absolute Gasteiger partial charge is 0.268 e. The lowest BCUT2D eigenvalue weighted by Gasteiger charge is -2.18. The van der Waals surface area contributed by atoms with Gasteiger partial charge in [-0.15, -0.1) is 0 Å². The predicted molar refractivity (Wildman–Crippen MR) is 127 cm³/mol. The van der Waals surface area contributed by atoms with Gasteiger partial charge in [-0.1, -0.05) is 18.2 Å². The van der Waals surface area contributed by atoms with Crippen molar-refractivity contribution in [2.45, 2.75) is 18.0 Å². The largest absolute Gasteiger partial charge is 0.416 e. The Morgan fingerprint density at radius 1 is 1.05 bits per heavy atom. The number of alkyl halides is 3. The number of aromatic nitrogens is 4. The fourth-order valence-corrected chi connectivity index (χ4v) is 4.50. The minimum Gasteiger partial charge on any atom is -0.268 e.